The third-order valence-electron chi connectivity index (χ3n) is 5.89. The van der Waals surface area contributed by atoms with Crippen molar-refractivity contribution in [2.45, 2.75) is 25.4 Å². The van der Waals surface area contributed by atoms with Crippen molar-refractivity contribution < 1.29 is 14.4 Å². The molecule has 3 aromatic carbocycles. The molecule has 0 saturated carbocycles. The average molecular weight is 497 g/mol. The minimum Gasteiger partial charge on any atom is -0.352 e. The van der Waals surface area contributed by atoms with Crippen molar-refractivity contribution in [3.8, 4) is 0 Å². The van der Waals surface area contributed by atoms with E-state index in [-0.39, 0.29) is 30.9 Å². The number of imidazole rings is 1. The van der Waals surface area contributed by atoms with Crippen LogP contribution in [0.2, 0.25) is 0 Å². The lowest BCUT2D eigenvalue weighted by atomic mass is 10.0. The Morgan fingerprint density at radius 1 is 1.00 bits per heavy atom. The van der Waals surface area contributed by atoms with Crippen LogP contribution >= 0.6 is 0 Å². The number of fused-ring (bicyclic) bond motifs is 1. The van der Waals surface area contributed by atoms with Crippen LogP contribution in [0.3, 0.4) is 0 Å². The summed E-state index contributed by atoms with van der Waals surface area (Å²) >= 11 is 0. The second kappa shape index (κ2) is 11.9. The van der Waals surface area contributed by atoms with Crippen molar-refractivity contribution in [3.63, 3.8) is 0 Å². The fourth-order valence-corrected chi connectivity index (χ4v) is 3.97. The van der Waals surface area contributed by atoms with Crippen molar-refractivity contribution in [2.75, 3.05) is 0 Å². The minimum absolute atomic E-state index is 0.0613. The van der Waals surface area contributed by atoms with E-state index in [1.165, 1.54) is 12.5 Å². The zero-order valence-corrected chi connectivity index (χ0v) is 20.1. The first kappa shape index (κ1) is 25.5. The highest BCUT2D eigenvalue weighted by atomic mass is 16.2. The van der Waals surface area contributed by atoms with Crippen LogP contribution in [0.5, 0.6) is 0 Å². The Balaban J connectivity index is 1.48. The maximum absolute atomic E-state index is 13.2. The number of carbonyl (C=O) groups is 3. The molecule has 0 aliphatic rings. The van der Waals surface area contributed by atoms with E-state index in [9.17, 15) is 14.4 Å². The molecule has 1 aromatic heterocycles. The molecule has 0 spiro atoms. The molecule has 9 nitrogen and oxygen atoms in total. The molecule has 9 heteroatoms. The number of carbonyl (C=O) groups excluding carboxylic acids is 3. The topological polar surface area (TPSA) is 147 Å². The quantitative estimate of drug-likeness (QED) is 0.121. The van der Waals surface area contributed by atoms with Gasteiger partial charge in [0.2, 0.25) is 5.91 Å². The molecule has 0 radical (unpaired) electrons. The van der Waals surface area contributed by atoms with Crippen LogP contribution in [0.4, 0.5) is 0 Å². The second-order valence-corrected chi connectivity index (χ2v) is 8.57. The highest BCUT2D eigenvalue weighted by Gasteiger charge is 2.28. The summed E-state index contributed by atoms with van der Waals surface area (Å²) in [5.74, 6) is 3.95. The zero-order valence-electron chi connectivity index (χ0n) is 20.1. The normalized spacial score (nSPS) is 12.2. The van der Waals surface area contributed by atoms with Gasteiger partial charge in [-0.1, -0.05) is 72.8 Å². The Morgan fingerprint density at radius 3 is 2.49 bits per heavy atom. The Labute approximate surface area is 214 Å². The van der Waals surface area contributed by atoms with E-state index in [1.54, 1.807) is 30.3 Å². The molecule has 0 aliphatic heterocycles. The number of H-pyrrole nitrogens is 1. The molecule has 6 N–H and O–H groups in total. The monoisotopic (exact) mass is 496 g/mol. The highest BCUT2D eigenvalue weighted by molar-refractivity contribution is 6.09. The number of aromatic nitrogens is 2. The van der Waals surface area contributed by atoms with Gasteiger partial charge < -0.3 is 16.0 Å². The van der Waals surface area contributed by atoms with Crippen LogP contribution in [0.1, 0.15) is 23.2 Å². The lowest BCUT2D eigenvalue weighted by Crippen LogP contribution is -2.52. The Kier molecular flexibility index (Phi) is 8.19. The Morgan fingerprint density at radius 2 is 1.73 bits per heavy atom. The molecule has 4 rings (SSSR count). The van der Waals surface area contributed by atoms with Crippen LogP contribution < -0.4 is 16.9 Å². The number of rotatable bonds is 9. The number of nitrogens with two attached hydrogens (primary N) is 2. The average Bonchev–Trinajstić information content (AvgIpc) is 3.44. The first-order valence-electron chi connectivity index (χ1n) is 11.8. The molecule has 1 atom stereocenters. The first-order chi connectivity index (χ1) is 17.9. The summed E-state index contributed by atoms with van der Waals surface area (Å²) in [5.41, 5.74) is 8.32. The van der Waals surface area contributed by atoms with Gasteiger partial charge in [0.15, 0.2) is 0 Å². The van der Waals surface area contributed by atoms with Crippen molar-refractivity contribution in [2.24, 2.45) is 11.6 Å². The fourth-order valence-electron chi connectivity index (χ4n) is 3.97. The number of imide groups is 1. The van der Waals surface area contributed by atoms with Crippen LogP contribution in [-0.4, -0.2) is 38.7 Å². The van der Waals surface area contributed by atoms with Crippen molar-refractivity contribution in [1.82, 2.24) is 20.3 Å². The molecule has 0 saturated heterocycles. The summed E-state index contributed by atoms with van der Waals surface area (Å²) in [5, 5.41) is 5.45. The summed E-state index contributed by atoms with van der Waals surface area (Å²) in [7, 11) is 0. The third kappa shape index (κ3) is 6.54. The number of aromatic amines is 1. The largest absolute Gasteiger partial charge is 0.352 e. The van der Waals surface area contributed by atoms with Crippen LogP contribution in [0.25, 0.3) is 16.8 Å². The van der Waals surface area contributed by atoms with Gasteiger partial charge in [-0.2, -0.15) is 0 Å². The summed E-state index contributed by atoms with van der Waals surface area (Å²) < 4.78 is 0. The van der Waals surface area contributed by atoms with E-state index in [0.29, 0.717) is 16.3 Å². The summed E-state index contributed by atoms with van der Waals surface area (Å²) in [6.07, 6.45) is 4.41. The lowest BCUT2D eigenvalue weighted by Gasteiger charge is -2.20. The summed E-state index contributed by atoms with van der Waals surface area (Å²) in [6.45, 7) is 0.285. The molecule has 0 fully saturated rings. The van der Waals surface area contributed by atoms with Gasteiger partial charge in [-0.3, -0.25) is 14.4 Å². The molecule has 0 bridgehead atoms. The van der Waals surface area contributed by atoms with Crippen LogP contribution in [0.15, 0.2) is 90.9 Å². The molecular formula is C28H28N6O3. The van der Waals surface area contributed by atoms with E-state index < -0.39 is 17.9 Å². The van der Waals surface area contributed by atoms with E-state index in [2.05, 4.69) is 15.3 Å². The summed E-state index contributed by atoms with van der Waals surface area (Å²) in [4.78, 5) is 45.7. The highest BCUT2D eigenvalue weighted by Crippen LogP contribution is 2.19. The van der Waals surface area contributed by atoms with Crippen molar-refractivity contribution in [3.05, 3.63) is 108 Å². The molecule has 0 unspecified atom stereocenters. The molecule has 188 valence electrons. The smallest absolute Gasteiger partial charge is 0.271 e. The van der Waals surface area contributed by atoms with Gasteiger partial charge in [-0.25, -0.2) is 15.8 Å². The molecule has 0 aliphatic carbocycles. The van der Waals surface area contributed by atoms with Gasteiger partial charge in [-0.15, -0.1) is 0 Å². The van der Waals surface area contributed by atoms with Crippen LogP contribution in [0, 0.1) is 0 Å². The van der Waals surface area contributed by atoms with Gasteiger partial charge in [-0.05, 0) is 28.0 Å². The number of benzene rings is 3. The van der Waals surface area contributed by atoms with Gasteiger partial charge in [0.05, 0.1) is 18.8 Å². The van der Waals surface area contributed by atoms with Crippen molar-refractivity contribution >= 4 is 34.6 Å². The molecule has 37 heavy (non-hydrogen) atoms. The van der Waals surface area contributed by atoms with E-state index in [4.69, 9.17) is 11.6 Å². The molecule has 4 aromatic rings. The third-order valence-corrected chi connectivity index (χ3v) is 5.89. The number of hydrazine groups is 1. The van der Waals surface area contributed by atoms with Gasteiger partial charge in [0.25, 0.3) is 11.8 Å². The van der Waals surface area contributed by atoms with Crippen LogP contribution in [-0.2, 0) is 27.3 Å². The number of hydrogen-bond acceptors (Lipinski definition) is 6. The number of nitrogens with one attached hydrogen (secondary N) is 2. The predicted molar refractivity (Wildman–Crippen MR) is 141 cm³/mol. The zero-order chi connectivity index (χ0) is 26.2. The SMILES string of the molecule is N[C@@H](Cc1cnc[nH]1)C(=O)N(N)C(=O)C(=Cc1ccccc1)CC(=O)NCc1cccc2ccccc12. The van der Waals surface area contributed by atoms with E-state index in [1.807, 2.05) is 48.5 Å². The van der Waals surface area contributed by atoms with E-state index in [0.717, 1.165) is 16.3 Å². The fraction of sp³-hybridized carbons (Fsp3) is 0.143. The van der Waals surface area contributed by atoms with Crippen molar-refractivity contribution in [1.29, 1.82) is 0 Å². The number of nitrogens with zero attached hydrogens (tertiary/aromatic N) is 2. The van der Waals surface area contributed by atoms with Gasteiger partial charge in [0, 0.05) is 30.4 Å². The lowest BCUT2D eigenvalue weighted by molar-refractivity contribution is -0.144. The molecule has 3 amide bonds. The Bertz CT molecular complexity index is 1410. The maximum atomic E-state index is 13.2. The number of amides is 3. The number of hydrogen-bond donors (Lipinski definition) is 4. The maximum Gasteiger partial charge on any atom is 0.271 e. The Hall–Kier alpha value is -4.60. The molecular weight excluding hydrogens is 468 g/mol. The van der Waals surface area contributed by atoms with E-state index >= 15 is 0 Å². The predicted octanol–water partition coefficient (Wildman–Crippen LogP) is 2.45. The molecule has 1 heterocycles. The van der Waals surface area contributed by atoms with Gasteiger partial charge in [0.1, 0.15) is 0 Å². The minimum atomic E-state index is -1.06. The summed E-state index contributed by atoms with van der Waals surface area (Å²) in [6, 6.07) is 21.7. The van der Waals surface area contributed by atoms with Gasteiger partial charge >= 0.3 is 0 Å². The standard InChI is InChI=1S/C28H28N6O3/c29-25(15-23-17-31-18-33-23)28(37)34(30)27(36)22(13-19-7-2-1-3-8-19)14-26(35)32-16-21-11-6-10-20-9-4-5-12-24(20)21/h1-13,17-18,25H,14-16,29-30H2,(H,31,33)(H,32,35)/t25-/m0/s1. The second-order valence-electron chi connectivity index (χ2n) is 8.57. The first-order valence-corrected chi connectivity index (χ1v) is 11.8.